The lowest BCUT2D eigenvalue weighted by Gasteiger charge is -2.05. The fraction of sp³-hybridized carbons (Fsp3) is 0.231. The first-order valence-electron chi connectivity index (χ1n) is 5.08. The van der Waals surface area contributed by atoms with Crippen molar-refractivity contribution in [3.05, 3.63) is 41.1 Å². The Hall–Kier alpha value is -1.90. The van der Waals surface area contributed by atoms with Crippen LogP contribution in [0.1, 0.15) is 21.6 Å². The van der Waals surface area contributed by atoms with Crippen molar-refractivity contribution in [1.29, 1.82) is 0 Å². The van der Waals surface area contributed by atoms with Crippen LogP contribution in [0.4, 0.5) is 0 Å². The molecule has 82 valence electrons. The van der Waals surface area contributed by atoms with Gasteiger partial charge in [0.2, 0.25) is 0 Å². The van der Waals surface area contributed by atoms with E-state index in [1.54, 1.807) is 6.07 Å². The standard InChI is InChI=1S/C13H13NO2/c1-8-6-9(2)12-10(7-8)4-5-11(14-12)13(15)16-3/h4-7H,1-3H3. The van der Waals surface area contributed by atoms with Crippen molar-refractivity contribution < 1.29 is 9.53 Å². The molecule has 0 unspecified atom stereocenters. The number of hydrogen-bond donors (Lipinski definition) is 0. The Morgan fingerprint density at radius 3 is 2.69 bits per heavy atom. The number of methoxy groups -OCH3 is 1. The minimum Gasteiger partial charge on any atom is -0.464 e. The van der Waals surface area contributed by atoms with Gasteiger partial charge in [0.15, 0.2) is 0 Å². The lowest BCUT2D eigenvalue weighted by atomic mass is 10.1. The topological polar surface area (TPSA) is 39.2 Å². The van der Waals surface area contributed by atoms with E-state index < -0.39 is 5.97 Å². The Bertz CT molecular complexity index is 561. The van der Waals surface area contributed by atoms with Crippen LogP contribution in [0.15, 0.2) is 24.3 Å². The highest BCUT2D eigenvalue weighted by atomic mass is 16.5. The molecule has 0 saturated carbocycles. The van der Waals surface area contributed by atoms with E-state index >= 15 is 0 Å². The highest BCUT2D eigenvalue weighted by molar-refractivity contribution is 5.92. The molecule has 1 heterocycles. The van der Waals surface area contributed by atoms with Crippen LogP contribution < -0.4 is 0 Å². The molecule has 0 aliphatic carbocycles. The van der Waals surface area contributed by atoms with Crippen molar-refractivity contribution in [3.8, 4) is 0 Å². The number of carbonyl (C=O) groups excluding carboxylic acids is 1. The molecule has 1 aromatic carbocycles. The molecular formula is C13H13NO2. The van der Waals surface area contributed by atoms with Gasteiger partial charge in [-0.05, 0) is 31.5 Å². The molecule has 0 bridgehead atoms. The highest BCUT2D eigenvalue weighted by Crippen LogP contribution is 2.19. The van der Waals surface area contributed by atoms with Crippen molar-refractivity contribution in [1.82, 2.24) is 4.98 Å². The van der Waals surface area contributed by atoms with Gasteiger partial charge in [-0.3, -0.25) is 0 Å². The third-order valence-corrected chi connectivity index (χ3v) is 2.52. The Balaban J connectivity index is 2.66. The molecule has 0 atom stereocenters. The first kappa shape index (κ1) is 10.6. The van der Waals surface area contributed by atoms with Crippen LogP contribution in [-0.2, 0) is 4.74 Å². The van der Waals surface area contributed by atoms with Crippen LogP contribution in [0, 0.1) is 13.8 Å². The molecule has 0 spiro atoms. The molecule has 2 rings (SSSR count). The van der Waals surface area contributed by atoms with Crippen LogP contribution in [-0.4, -0.2) is 18.1 Å². The van der Waals surface area contributed by atoms with Gasteiger partial charge in [-0.15, -0.1) is 0 Å². The van der Waals surface area contributed by atoms with E-state index in [1.807, 2.05) is 19.9 Å². The third-order valence-electron chi connectivity index (χ3n) is 2.52. The quantitative estimate of drug-likeness (QED) is 0.686. The molecule has 0 aliphatic rings. The van der Waals surface area contributed by atoms with E-state index in [1.165, 1.54) is 12.7 Å². The zero-order valence-corrected chi connectivity index (χ0v) is 9.57. The summed E-state index contributed by atoms with van der Waals surface area (Å²) in [6.45, 7) is 4.03. The van der Waals surface area contributed by atoms with Crippen molar-refractivity contribution in [2.45, 2.75) is 13.8 Å². The third kappa shape index (κ3) is 1.76. The van der Waals surface area contributed by atoms with Gasteiger partial charge in [0, 0.05) is 5.39 Å². The number of pyridine rings is 1. The number of aromatic nitrogens is 1. The van der Waals surface area contributed by atoms with E-state index in [-0.39, 0.29) is 0 Å². The van der Waals surface area contributed by atoms with E-state index in [4.69, 9.17) is 0 Å². The lowest BCUT2D eigenvalue weighted by Crippen LogP contribution is -2.04. The monoisotopic (exact) mass is 215 g/mol. The number of nitrogens with zero attached hydrogens (tertiary/aromatic N) is 1. The predicted octanol–water partition coefficient (Wildman–Crippen LogP) is 2.64. The average molecular weight is 215 g/mol. The second-order valence-corrected chi connectivity index (χ2v) is 3.84. The largest absolute Gasteiger partial charge is 0.464 e. The summed E-state index contributed by atoms with van der Waals surface area (Å²) in [5.41, 5.74) is 3.47. The van der Waals surface area contributed by atoms with E-state index in [9.17, 15) is 4.79 Å². The fourth-order valence-corrected chi connectivity index (χ4v) is 1.82. The Kier molecular flexibility index (Phi) is 2.60. The predicted molar refractivity (Wildman–Crippen MR) is 62.6 cm³/mol. The maximum atomic E-state index is 11.4. The molecule has 3 nitrogen and oxygen atoms in total. The Labute approximate surface area is 94.1 Å². The zero-order valence-electron chi connectivity index (χ0n) is 9.57. The number of hydrogen-bond acceptors (Lipinski definition) is 3. The normalized spacial score (nSPS) is 10.4. The maximum absolute atomic E-state index is 11.4. The highest BCUT2D eigenvalue weighted by Gasteiger charge is 2.08. The number of benzene rings is 1. The Morgan fingerprint density at radius 2 is 2.00 bits per heavy atom. The summed E-state index contributed by atoms with van der Waals surface area (Å²) in [5, 5.41) is 1.05. The van der Waals surface area contributed by atoms with E-state index in [2.05, 4.69) is 21.9 Å². The summed E-state index contributed by atoms with van der Waals surface area (Å²) in [5.74, 6) is -0.401. The molecule has 2 aromatic rings. The van der Waals surface area contributed by atoms with Crippen LogP contribution >= 0.6 is 0 Å². The van der Waals surface area contributed by atoms with Gasteiger partial charge in [0.25, 0.3) is 0 Å². The lowest BCUT2D eigenvalue weighted by molar-refractivity contribution is 0.0594. The minimum absolute atomic E-state index is 0.349. The number of fused-ring (bicyclic) bond motifs is 1. The second kappa shape index (κ2) is 3.93. The molecule has 0 amide bonds. The smallest absolute Gasteiger partial charge is 0.356 e. The van der Waals surface area contributed by atoms with Gasteiger partial charge >= 0.3 is 5.97 Å². The molecule has 16 heavy (non-hydrogen) atoms. The van der Waals surface area contributed by atoms with Gasteiger partial charge in [-0.1, -0.05) is 17.7 Å². The molecule has 0 saturated heterocycles. The average Bonchev–Trinajstić information content (AvgIpc) is 2.27. The van der Waals surface area contributed by atoms with Gasteiger partial charge in [-0.2, -0.15) is 0 Å². The molecule has 0 aliphatic heterocycles. The van der Waals surface area contributed by atoms with Crippen molar-refractivity contribution in [2.24, 2.45) is 0 Å². The SMILES string of the molecule is COC(=O)c1ccc2cc(C)cc(C)c2n1. The van der Waals surface area contributed by atoms with Crippen molar-refractivity contribution in [2.75, 3.05) is 7.11 Å². The molecule has 0 radical (unpaired) electrons. The first-order valence-corrected chi connectivity index (χ1v) is 5.08. The Morgan fingerprint density at radius 1 is 1.25 bits per heavy atom. The van der Waals surface area contributed by atoms with Crippen molar-refractivity contribution >= 4 is 16.9 Å². The number of rotatable bonds is 1. The van der Waals surface area contributed by atoms with Crippen LogP contribution in [0.2, 0.25) is 0 Å². The minimum atomic E-state index is -0.401. The summed E-state index contributed by atoms with van der Waals surface area (Å²) < 4.78 is 4.65. The second-order valence-electron chi connectivity index (χ2n) is 3.84. The first-order chi connectivity index (χ1) is 7.61. The fourth-order valence-electron chi connectivity index (χ4n) is 1.82. The summed E-state index contributed by atoms with van der Waals surface area (Å²) >= 11 is 0. The van der Waals surface area contributed by atoms with Gasteiger partial charge in [0.05, 0.1) is 12.6 Å². The number of ether oxygens (including phenoxy) is 1. The van der Waals surface area contributed by atoms with Gasteiger partial charge < -0.3 is 4.74 Å². The van der Waals surface area contributed by atoms with Crippen LogP contribution in [0.25, 0.3) is 10.9 Å². The van der Waals surface area contributed by atoms with E-state index in [0.717, 1.165) is 16.5 Å². The number of carbonyl (C=O) groups is 1. The van der Waals surface area contributed by atoms with Crippen molar-refractivity contribution in [3.63, 3.8) is 0 Å². The van der Waals surface area contributed by atoms with Gasteiger partial charge in [-0.25, -0.2) is 9.78 Å². The summed E-state index contributed by atoms with van der Waals surface area (Å²) in [4.78, 5) is 15.7. The zero-order chi connectivity index (χ0) is 11.7. The molecule has 0 fully saturated rings. The van der Waals surface area contributed by atoms with Crippen LogP contribution in [0.5, 0.6) is 0 Å². The molecule has 0 N–H and O–H groups in total. The molecule has 1 aromatic heterocycles. The number of esters is 1. The molecule has 3 heteroatoms. The molecular weight excluding hydrogens is 202 g/mol. The maximum Gasteiger partial charge on any atom is 0.356 e. The van der Waals surface area contributed by atoms with Crippen LogP contribution in [0.3, 0.4) is 0 Å². The van der Waals surface area contributed by atoms with E-state index in [0.29, 0.717) is 5.69 Å². The summed E-state index contributed by atoms with van der Waals surface area (Å²) in [6, 6.07) is 7.69. The summed E-state index contributed by atoms with van der Waals surface area (Å²) in [6.07, 6.45) is 0. The van der Waals surface area contributed by atoms with Gasteiger partial charge in [0.1, 0.15) is 5.69 Å². The summed E-state index contributed by atoms with van der Waals surface area (Å²) in [7, 11) is 1.36. The number of aryl methyl sites for hydroxylation is 2.